The summed E-state index contributed by atoms with van der Waals surface area (Å²) in [5.41, 5.74) is 7.88. The Balaban J connectivity index is 1.69. The van der Waals surface area contributed by atoms with E-state index in [4.69, 9.17) is 11.6 Å². The highest BCUT2D eigenvalue weighted by Gasteiger charge is 2.44. The Morgan fingerprint density at radius 1 is 1.12 bits per heavy atom. The summed E-state index contributed by atoms with van der Waals surface area (Å²) >= 11 is 0. The first kappa shape index (κ1) is 22.0. The van der Waals surface area contributed by atoms with Crippen molar-refractivity contribution in [2.75, 3.05) is 17.2 Å². The molecule has 168 valence electrons. The molecule has 0 bridgehead atoms. The van der Waals surface area contributed by atoms with Crippen LogP contribution in [0.25, 0.3) is 11.1 Å². The minimum absolute atomic E-state index is 0.0618. The van der Waals surface area contributed by atoms with Gasteiger partial charge >= 0.3 is 0 Å². The number of anilines is 2. The number of β-lactam (4-membered cyclic amide) rings is 1. The van der Waals surface area contributed by atoms with E-state index in [0.717, 1.165) is 17.3 Å². The zero-order valence-electron chi connectivity index (χ0n) is 18.0. The topological polar surface area (TPSA) is 122 Å². The highest BCUT2D eigenvalue weighted by molar-refractivity contribution is 6.05. The fourth-order valence-electron chi connectivity index (χ4n) is 3.55. The molecule has 4 N–H and O–H groups in total. The molecule has 3 aromatic rings. The fraction of sp³-hybridized carbons (Fsp3) is 0.174. The third-order valence-electron chi connectivity index (χ3n) is 5.36. The number of carbonyl (C=O) groups is 1. The Hall–Kier alpha value is -4.21. The Morgan fingerprint density at radius 3 is 2.48 bits per heavy atom. The van der Waals surface area contributed by atoms with Crippen LogP contribution in [0, 0.1) is 17.0 Å². The number of hydrogen-bond donors (Lipinski definition) is 2. The number of aromatic nitrogens is 1. The molecule has 0 aliphatic carbocycles. The lowest BCUT2D eigenvalue weighted by molar-refractivity contribution is -0.132. The maximum absolute atomic E-state index is 14.1. The summed E-state index contributed by atoms with van der Waals surface area (Å²) in [7, 11) is 0. The maximum Gasteiger partial charge on any atom is 0.234 e. The molecule has 1 saturated heterocycles. The number of rotatable bonds is 4. The number of halogens is 2. The minimum Gasteiger partial charge on any atom is -0.383 e. The van der Waals surface area contributed by atoms with Gasteiger partial charge in [0.2, 0.25) is 5.91 Å². The number of aliphatic imine (C=N–C) groups is 1. The van der Waals surface area contributed by atoms with Gasteiger partial charge in [-0.2, -0.15) is 0 Å². The molecule has 0 radical (unpaired) electrons. The third-order valence-corrected chi connectivity index (χ3v) is 5.36. The molecule has 1 aliphatic rings. The molecule has 33 heavy (non-hydrogen) atoms. The second-order valence-corrected chi connectivity index (χ2v) is 8.20. The molecule has 1 amide bonds. The van der Waals surface area contributed by atoms with Crippen molar-refractivity contribution in [3.63, 3.8) is 0 Å². The van der Waals surface area contributed by atoms with Crippen molar-refractivity contribution in [3.8, 4) is 11.1 Å². The van der Waals surface area contributed by atoms with Crippen LogP contribution in [-0.4, -0.2) is 23.3 Å². The van der Waals surface area contributed by atoms with Gasteiger partial charge in [0.15, 0.2) is 17.5 Å². The summed E-state index contributed by atoms with van der Waals surface area (Å²) in [5, 5.41) is 6.96. The van der Waals surface area contributed by atoms with Crippen LogP contribution in [0.4, 0.5) is 26.0 Å². The van der Waals surface area contributed by atoms with Crippen molar-refractivity contribution in [2.24, 2.45) is 26.6 Å². The van der Waals surface area contributed by atoms with Crippen LogP contribution in [0.15, 0.2) is 70.1 Å². The number of hydrogen-bond acceptors (Lipinski definition) is 5. The zero-order chi connectivity index (χ0) is 23.8. The van der Waals surface area contributed by atoms with E-state index in [-0.39, 0.29) is 34.2 Å². The van der Waals surface area contributed by atoms with Crippen molar-refractivity contribution in [1.82, 2.24) is 4.98 Å². The predicted molar refractivity (Wildman–Crippen MR) is 122 cm³/mol. The van der Waals surface area contributed by atoms with Crippen molar-refractivity contribution < 1.29 is 13.6 Å². The molecule has 1 aliphatic heterocycles. The second-order valence-electron chi connectivity index (χ2n) is 8.20. The summed E-state index contributed by atoms with van der Waals surface area (Å²) in [6.07, 6.45) is 1.56. The highest BCUT2D eigenvalue weighted by Crippen LogP contribution is 2.36. The lowest BCUT2D eigenvalue weighted by Gasteiger charge is -2.44. The monoisotopic (exact) mass is 449 g/mol. The molecule has 0 spiro atoms. The molecule has 8 nitrogen and oxygen atoms in total. The Morgan fingerprint density at radius 2 is 1.85 bits per heavy atom. The molecule has 2 aromatic carbocycles. The number of pyridine rings is 1. The summed E-state index contributed by atoms with van der Waals surface area (Å²) in [4.78, 5) is 22.2. The molecule has 4 rings (SSSR count). The summed E-state index contributed by atoms with van der Waals surface area (Å²) < 4.78 is 27.7. The molecule has 1 fully saturated rings. The summed E-state index contributed by atoms with van der Waals surface area (Å²) in [6, 6.07) is 12.6. The van der Waals surface area contributed by atoms with E-state index in [1.165, 1.54) is 12.1 Å². The van der Waals surface area contributed by atoms with E-state index < -0.39 is 11.6 Å². The average Bonchev–Trinajstić information content (AvgIpc) is 2.80. The predicted octanol–water partition coefficient (Wildman–Crippen LogP) is 4.39. The van der Waals surface area contributed by atoms with Crippen molar-refractivity contribution in [3.05, 3.63) is 71.9 Å². The fourth-order valence-corrected chi connectivity index (χ4v) is 3.55. The van der Waals surface area contributed by atoms with Crippen molar-refractivity contribution in [1.29, 1.82) is 0 Å². The van der Waals surface area contributed by atoms with Gasteiger partial charge in [0, 0.05) is 24.0 Å². The van der Waals surface area contributed by atoms with Gasteiger partial charge in [0.05, 0.1) is 11.0 Å². The highest BCUT2D eigenvalue weighted by atomic mass is 19.2. The quantitative estimate of drug-likeness (QED) is 0.153. The van der Waals surface area contributed by atoms with Crippen LogP contribution in [0.2, 0.25) is 0 Å². The number of carbonyl (C=O) groups excluding carboxylic acids is 1. The summed E-state index contributed by atoms with van der Waals surface area (Å²) in [5.74, 6) is 3.02. The number of benzene rings is 2. The Bertz CT molecular complexity index is 1290. The molecule has 1 aromatic heterocycles. The third kappa shape index (κ3) is 4.14. The van der Waals surface area contributed by atoms with Gasteiger partial charge in [-0.25, -0.2) is 18.8 Å². The van der Waals surface area contributed by atoms with Gasteiger partial charge in [-0.15, -0.1) is 5.11 Å². The molecule has 0 atom stereocenters. The first-order valence-electron chi connectivity index (χ1n) is 10.0. The minimum atomic E-state index is -1.13. The van der Waals surface area contributed by atoms with E-state index in [9.17, 15) is 13.6 Å². The smallest absolute Gasteiger partial charge is 0.234 e. The van der Waals surface area contributed by atoms with Gasteiger partial charge < -0.3 is 16.5 Å². The largest absolute Gasteiger partial charge is 0.383 e. The van der Waals surface area contributed by atoms with E-state index in [0.29, 0.717) is 12.1 Å². The standard InChI is InChI=1S/C23H21F2N7O/c1-23(2)12-32(22(23)33)15-8-6-13(7-9-15)14-10-16(20(26)28-11-14)21(30-31-27)29-18-5-3-4-17(24)19(18)25/h3-11H,12H2,1-2H3,(H2,26,28)(H2,27,29,30). The van der Waals surface area contributed by atoms with Crippen LogP contribution in [0.5, 0.6) is 0 Å². The van der Waals surface area contributed by atoms with E-state index in [2.05, 4.69) is 20.3 Å². The van der Waals surface area contributed by atoms with Crippen LogP contribution in [-0.2, 0) is 4.79 Å². The van der Waals surface area contributed by atoms with Gasteiger partial charge in [-0.05, 0) is 49.7 Å². The average molecular weight is 449 g/mol. The first-order chi connectivity index (χ1) is 15.7. The normalized spacial score (nSPS) is 15.7. The van der Waals surface area contributed by atoms with E-state index >= 15 is 0 Å². The number of amides is 1. The summed E-state index contributed by atoms with van der Waals surface area (Å²) in [6.45, 7) is 4.48. The number of nitrogens with zero attached hydrogens (tertiary/aromatic N) is 5. The number of nitrogens with two attached hydrogens (primary N) is 2. The molecular formula is C23H21F2N7O. The van der Waals surface area contributed by atoms with E-state index in [1.54, 1.807) is 17.2 Å². The molecule has 2 heterocycles. The lowest BCUT2D eigenvalue weighted by atomic mass is 9.82. The van der Waals surface area contributed by atoms with Gasteiger partial charge in [-0.3, -0.25) is 4.79 Å². The SMILES string of the molecule is CC1(C)CN(c2ccc(-c3cnc(N)c(C(N=NN)=Nc4cccc(F)c4F)c3)cc2)C1=O. The molecule has 0 saturated carbocycles. The van der Waals surface area contributed by atoms with Gasteiger partial charge in [0.1, 0.15) is 11.5 Å². The van der Waals surface area contributed by atoms with E-state index in [1.807, 2.05) is 38.1 Å². The molecular weight excluding hydrogens is 428 g/mol. The number of nitrogen functional groups attached to an aromatic ring is 1. The van der Waals surface area contributed by atoms with Crippen LogP contribution in [0.3, 0.4) is 0 Å². The molecule has 10 heteroatoms. The number of amidine groups is 1. The first-order valence-corrected chi connectivity index (χ1v) is 10.0. The molecule has 0 unspecified atom stereocenters. The van der Waals surface area contributed by atoms with Crippen LogP contribution >= 0.6 is 0 Å². The maximum atomic E-state index is 14.1. The van der Waals surface area contributed by atoms with Crippen molar-refractivity contribution >= 4 is 28.9 Å². The van der Waals surface area contributed by atoms with Gasteiger partial charge in [-0.1, -0.05) is 23.4 Å². The van der Waals surface area contributed by atoms with Crippen molar-refractivity contribution in [2.45, 2.75) is 13.8 Å². The second kappa shape index (κ2) is 8.38. The van der Waals surface area contributed by atoms with Crippen LogP contribution in [0.1, 0.15) is 19.4 Å². The lowest BCUT2D eigenvalue weighted by Crippen LogP contribution is -2.58. The Labute approximate surface area is 188 Å². The Kier molecular flexibility index (Phi) is 5.59. The van der Waals surface area contributed by atoms with Gasteiger partial charge in [0.25, 0.3) is 0 Å². The zero-order valence-corrected chi connectivity index (χ0v) is 18.0. The van der Waals surface area contributed by atoms with Crippen LogP contribution < -0.4 is 16.5 Å².